The maximum Gasteiger partial charge on any atom is 0.0419 e. The number of hydrogen-bond acceptors (Lipinski definition) is 4. The van der Waals surface area contributed by atoms with Crippen molar-refractivity contribution in [1.82, 2.24) is 10.4 Å². The molecule has 0 radical (unpaired) electrons. The van der Waals surface area contributed by atoms with Crippen LogP contribution >= 0.6 is 27.7 Å². The third-order valence-corrected chi connectivity index (χ3v) is 4.88. The number of benzene rings is 1. The van der Waals surface area contributed by atoms with Crippen molar-refractivity contribution in [3.8, 4) is 0 Å². The average molecular weight is 338 g/mol. The van der Waals surface area contributed by atoms with Gasteiger partial charge in [-0.25, -0.2) is 0 Å². The van der Waals surface area contributed by atoms with Crippen molar-refractivity contribution >= 4 is 27.7 Å². The van der Waals surface area contributed by atoms with E-state index in [4.69, 9.17) is 5.84 Å². The van der Waals surface area contributed by atoms with Crippen LogP contribution in [0.1, 0.15) is 5.69 Å². The lowest BCUT2D eigenvalue weighted by Gasteiger charge is -2.15. The van der Waals surface area contributed by atoms with E-state index in [1.165, 1.54) is 4.90 Å². The van der Waals surface area contributed by atoms with Gasteiger partial charge >= 0.3 is 0 Å². The molecule has 3 N–H and O–H groups in total. The summed E-state index contributed by atoms with van der Waals surface area (Å²) in [6.45, 7) is 0. The normalized spacial score (nSPS) is 12.3. The fourth-order valence-electron chi connectivity index (χ4n) is 1.69. The maximum atomic E-state index is 5.62. The number of nitrogens with zero attached hydrogens (tertiary/aromatic N) is 1. The van der Waals surface area contributed by atoms with Gasteiger partial charge in [0, 0.05) is 39.5 Å². The molecule has 5 heteroatoms. The van der Waals surface area contributed by atoms with E-state index in [1.807, 2.05) is 42.6 Å². The van der Waals surface area contributed by atoms with Crippen molar-refractivity contribution in [3.63, 3.8) is 0 Å². The van der Waals surface area contributed by atoms with Crippen LogP contribution in [0.5, 0.6) is 0 Å². The monoisotopic (exact) mass is 337 g/mol. The van der Waals surface area contributed by atoms with Crippen molar-refractivity contribution in [2.75, 3.05) is 5.75 Å². The number of hydrazine groups is 1. The molecule has 0 saturated carbocycles. The van der Waals surface area contributed by atoms with E-state index in [-0.39, 0.29) is 6.04 Å². The van der Waals surface area contributed by atoms with Crippen LogP contribution in [-0.2, 0) is 6.42 Å². The number of thioether (sulfide) groups is 1. The molecule has 1 unspecified atom stereocenters. The standard InChI is InChI=1S/C14H16BrN3S/c15-13-6-1-2-7-14(13)19-10-12(18-16)9-11-5-3-4-8-17-11/h1-8,12,18H,9-10,16H2. The highest BCUT2D eigenvalue weighted by Gasteiger charge is 2.10. The summed E-state index contributed by atoms with van der Waals surface area (Å²) in [5.74, 6) is 6.52. The van der Waals surface area contributed by atoms with Gasteiger partial charge < -0.3 is 0 Å². The van der Waals surface area contributed by atoms with Crippen LogP contribution < -0.4 is 11.3 Å². The number of hydrogen-bond donors (Lipinski definition) is 2. The van der Waals surface area contributed by atoms with Crippen molar-refractivity contribution < 1.29 is 0 Å². The van der Waals surface area contributed by atoms with Gasteiger partial charge in [-0.15, -0.1) is 11.8 Å². The summed E-state index contributed by atoms with van der Waals surface area (Å²) in [4.78, 5) is 5.55. The molecule has 1 heterocycles. The summed E-state index contributed by atoms with van der Waals surface area (Å²) in [5, 5.41) is 0. The number of aromatic nitrogens is 1. The highest BCUT2D eigenvalue weighted by Crippen LogP contribution is 2.27. The lowest BCUT2D eigenvalue weighted by atomic mass is 10.2. The van der Waals surface area contributed by atoms with Gasteiger partial charge in [0.15, 0.2) is 0 Å². The predicted octanol–water partition coefficient (Wildman–Crippen LogP) is 3.01. The molecule has 1 atom stereocenters. The van der Waals surface area contributed by atoms with E-state index in [1.54, 1.807) is 11.8 Å². The van der Waals surface area contributed by atoms with Gasteiger partial charge in [-0.1, -0.05) is 18.2 Å². The quantitative estimate of drug-likeness (QED) is 0.483. The van der Waals surface area contributed by atoms with Crippen molar-refractivity contribution in [2.45, 2.75) is 17.4 Å². The summed E-state index contributed by atoms with van der Waals surface area (Å²) in [6.07, 6.45) is 2.64. The van der Waals surface area contributed by atoms with Gasteiger partial charge in [0.25, 0.3) is 0 Å². The minimum absolute atomic E-state index is 0.201. The van der Waals surface area contributed by atoms with Crippen LogP contribution in [0.25, 0.3) is 0 Å². The Bertz CT molecular complexity index is 507. The maximum absolute atomic E-state index is 5.62. The molecule has 100 valence electrons. The SMILES string of the molecule is NNC(CSc1ccccc1Br)Cc1ccccn1. The Balaban J connectivity index is 1.91. The Kier molecular flexibility index (Phi) is 5.85. The van der Waals surface area contributed by atoms with Crippen molar-refractivity contribution in [2.24, 2.45) is 5.84 Å². The molecule has 3 nitrogen and oxygen atoms in total. The van der Waals surface area contributed by atoms with E-state index >= 15 is 0 Å². The first-order valence-electron chi connectivity index (χ1n) is 6.03. The largest absolute Gasteiger partial charge is 0.271 e. The molecule has 0 bridgehead atoms. The molecule has 19 heavy (non-hydrogen) atoms. The van der Waals surface area contributed by atoms with Crippen molar-refractivity contribution in [1.29, 1.82) is 0 Å². The third-order valence-electron chi connectivity index (χ3n) is 2.69. The van der Waals surface area contributed by atoms with E-state index in [9.17, 15) is 0 Å². The van der Waals surface area contributed by atoms with E-state index in [0.29, 0.717) is 0 Å². The van der Waals surface area contributed by atoms with Crippen LogP contribution in [-0.4, -0.2) is 16.8 Å². The Hall–Kier alpha value is -0.880. The molecule has 0 aliphatic heterocycles. The molecule has 0 fully saturated rings. The molecule has 1 aromatic carbocycles. The van der Waals surface area contributed by atoms with Crippen LogP contribution in [0.15, 0.2) is 58.0 Å². The Morgan fingerprint density at radius 1 is 1.21 bits per heavy atom. The molecule has 1 aromatic heterocycles. The zero-order valence-corrected chi connectivity index (χ0v) is 12.8. The minimum atomic E-state index is 0.201. The second-order valence-corrected chi connectivity index (χ2v) is 6.05. The molecule has 2 aromatic rings. The smallest absolute Gasteiger partial charge is 0.0419 e. The number of halogens is 1. The second kappa shape index (κ2) is 7.65. The second-order valence-electron chi connectivity index (χ2n) is 4.13. The molecular formula is C14H16BrN3S. The van der Waals surface area contributed by atoms with E-state index < -0.39 is 0 Å². The summed E-state index contributed by atoms with van der Waals surface area (Å²) >= 11 is 5.33. The van der Waals surface area contributed by atoms with Gasteiger partial charge in [0.2, 0.25) is 0 Å². The highest BCUT2D eigenvalue weighted by atomic mass is 79.9. The number of nitrogens with two attached hydrogens (primary N) is 1. The third kappa shape index (κ3) is 4.62. The first kappa shape index (κ1) is 14.5. The summed E-state index contributed by atoms with van der Waals surface area (Å²) in [5.41, 5.74) is 3.92. The lowest BCUT2D eigenvalue weighted by molar-refractivity contribution is 0.569. The van der Waals surface area contributed by atoms with Gasteiger partial charge in [-0.3, -0.25) is 16.3 Å². The fourth-order valence-corrected chi connectivity index (χ4v) is 3.29. The van der Waals surface area contributed by atoms with Gasteiger partial charge in [0.1, 0.15) is 0 Å². The lowest BCUT2D eigenvalue weighted by Crippen LogP contribution is -2.38. The zero-order valence-electron chi connectivity index (χ0n) is 10.4. The topological polar surface area (TPSA) is 50.9 Å². The van der Waals surface area contributed by atoms with E-state index in [2.05, 4.69) is 32.4 Å². The summed E-state index contributed by atoms with van der Waals surface area (Å²) in [6, 6.07) is 14.3. The Labute approximate surface area is 126 Å². The molecule has 2 rings (SSSR count). The average Bonchev–Trinajstić information content (AvgIpc) is 2.46. The van der Waals surface area contributed by atoms with Crippen LogP contribution in [0.2, 0.25) is 0 Å². The molecule has 0 aliphatic carbocycles. The molecular weight excluding hydrogens is 322 g/mol. The number of nitrogens with one attached hydrogen (secondary N) is 1. The molecule has 0 saturated heterocycles. The summed E-state index contributed by atoms with van der Waals surface area (Å²) < 4.78 is 1.12. The minimum Gasteiger partial charge on any atom is -0.271 e. The van der Waals surface area contributed by atoms with Crippen molar-refractivity contribution in [3.05, 3.63) is 58.8 Å². The Morgan fingerprint density at radius 3 is 2.68 bits per heavy atom. The highest BCUT2D eigenvalue weighted by molar-refractivity contribution is 9.10. The first-order valence-corrected chi connectivity index (χ1v) is 7.81. The molecule has 0 spiro atoms. The molecule has 0 aliphatic rings. The number of pyridine rings is 1. The predicted molar refractivity (Wildman–Crippen MR) is 83.9 cm³/mol. The molecule has 0 amide bonds. The van der Waals surface area contributed by atoms with Crippen LogP contribution in [0.4, 0.5) is 0 Å². The zero-order chi connectivity index (χ0) is 13.5. The van der Waals surface area contributed by atoms with Crippen LogP contribution in [0, 0.1) is 0 Å². The number of rotatable bonds is 6. The van der Waals surface area contributed by atoms with Gasteiger partial charge in [-0.05, 0) is 40.2 Å². The first-order chi connectivity index (χ1) is 9.29. The van der Waals surface area contributed by atoms with Gasteiger partial charge in [0.05, 0.1) is 0 Å². The van der Waals surface area contributed by atoms with Crippen LogP contribution in [0.3, 0.4) is 0 Å². The Morgan fingerprint density at radius 2 is 2.00 bits per heavy atom. The fraction of sp³-hybridized carbons (Fsp3) is 0.214. The summed E-state index contributed by atoms with van der Waals surface area (Å²) in [7, 11) is 0. The van der Waals surface area contributed by atoms with E-state index in [0.717, 1.165) is 22.3 Å². The van der Waals surface area contributed by atoms with Gasteiger partial charge in [-0.2, -0.15) is 0 Å².